The Balaban J connectivity index is 1.36. The molecular formula is C48H57BN2. The van der Waals surface area contributed by atoms with Gasteiger partial charge >= 0.3 is 0 Å². The molecule has 0 spiro atoms. The predicted molar refractivity (Wildman–Crippen MR) is 221 cm³/mol. The molecule has 2 aliphatic carbocycles. The third-order valence-corrected chi connectivity index (χ3v) is 15.0. The van der Waals surface area contributed by atoms with E-state index in [9.17, 15) is 0 Å². The van der Waals surface area contributed by atoms with Gasteiger partial charge in [-0.3, -0.25) is 0 Å². The molecule has 3 aliphatic heterocycles. The van der Waals surface area contributed by atoms with Crippen LogP contribution in [0.3, 0.4) is 0 Å². The molecule has 51 heavy (non-hydrogen) atoms. The molecule has 4 aromatic carbocycles. The number of nitrogens with zero attached hydrogens (tertiary/aromatic N) is 2. The van der Waals surface area contributed by atoms with Crippen LogP contribution in [0.4, 0.5) is 11.4 Å². The maximum absolute atomic E-state index is 2.93. The van der Waals surface area contributed by atoms with Gasteiger partial charge in [-0.15, -0.1) is 0 Å². The quantitative estimate of drug-likeness (QED) is 0.146. The number of aromatic nitrogens is 1. The van der Waals surface area contributed by atoms with Gasteiger partial charge in [0.2, 0.25) is 0 Å². The van der Waals surface area contributed by atoms with Crippen molar-refractivity contribution < 1.29 is 0 Å². The smallest absolute Gasteiger partial charge is 0.252 e. The first-order valence-electron chi connectivity index (χ1n) is 20.2. The molecule has 4 atom stereocenters. The molecular weight excluding hydrogens is 615 g/mol. The van der Waals surface area contributed by atoms with Crippen LogP contribution in [0.25, 0.3) is 27.5 Å². The van der Waals surface area contributed by atoms with Gasteiger partial charge in [0.1, 0.15) is 0 Å². The number of hydrogen-bond donors (Lipinski definition) is 0. The van der Waals surface area contributed by atoms with Gasteiger partial charge in [0.05, 0.1) is 11.1 Å². The van der Waals surface area contributed by atoms with E-state index >= 15 is 0 Å². The van der Waals surface area contributed by atoms with Crippen LogP contribution in [0, 0.1) is 11.8 Å². The fourth-order valence-corrected chi connectivity index (χ4v) is 11.9. The number of hydrogen-bond acceptors (Lipinski definition) is 1. The van der Waals surface area contributed by atoms with Crippen LogP contribution < -0.4 is 21.3 Å². The number of anilines is 2. The molecule has 262 valence electrons. The summed E-state index contributed by atoms with van der Waals surface area (Å²) in [5, 5.41) is 2.81. The van der Waals surface area contributed by atoms with E-state index in [4.69, 9.17) is 0 Å². The Labute approximate surface area is 307 Å². The minimum absolute atomic E-state index is 0.0302. The van der Waals surface area contributed by atoms with Crippen molar-refractivity contribution in [2.75, 3.05) is 4.90 Å². The lowest BCUT2D eigenvalue weighted by Crippen LogP contribution is -2.65. The zero-order valence-corrected chi connectivity index (χ0v) is 33.1. The molecule has 0 saturated heterocycles. The van der Waals surface area contributed by atoms with E-state index in [-0.39, 0.29) is 33.9 Å². The molecule has 2 saturated carbocycles. The van der Waals surface area contributed by atoms with Crippen LogP contribution in [0.2, 0.25) is 0 Å². The lowest BCUT2D eigenvalue weighted by molar-refractivity contribution is 0.0581. The van der Waals surface area contributed by atoms with Crippen molar-refractivity contribution in [3.63, 3.8) is 0 Å². The summed E-state index contributed by atoms with van der Waals surface area (Å²) in [5.41, 5.74) is 18.0. The van der Waals surface area contributed by atoms with E-state index in [1.807, 2.05) is 0 Å². The Bertz CT molecular complexity index is 2340. The van der Waals surface area contributed by atoms with Gasteiger partial charge in [-0.2, -0.15) is 0 Å². The van der Waals surface area contributed by atoms with Gasteiger partial charge in [-0.1, -0.05) is 125 Å². The Morgan fingerprint density at radius 3 is 1.94 bits per heavy atom. The molecule has 0 radical (unpaired) electrons. The van der Waals surface area contributed by atoms with Gasteiger partial charge in [0.15, 0.2) is 0 Å². The third kappa shape index (κ3) is 4.02. The molecule has 0 bridgehead atoms. The summed E-state index contributed by atoms with van der Waals surface area (Å²) in [6.45, 7) is 27.1. The molecule has 5 aromatic rings. The molecule has 2 nitrogen and oxygen atoms in total. The van der Waals surface area contributed by atoms with Crippen LogP contribution >= 0.6 is 0 Å². The summed E-state index contributed by atoms with van der Waals surface area (Å²) in [5.74, 6) is 1.67. The van der Waals surface area contributed by atoms with Crippen LogP contribution in [-0.4, -0.2) is 16.8 Å². The average molecular weight is 673 g/mol. The predicted octanol–water partition coefficient (Wildman–Crippen LogP) is 10.6. The van der Waals surface area contributed by atoms with Crippen LogP contribution in [0.15, 0.2) is 60.7 Å². The first-order chi connectivity index (χ1) is 23.9. The largest absolute Gasteiger partial charge is 0.335 e. The van der Waals surface area contributed by atoms with Crippen molar-refractivity contribution in [3.05, 3.63) is 82.9 Å². The van der Waals surface area contributed by atoms with Crippen LogP contribution in [-0.2, 0) is 21.7 Å². The van der Waals surface area contributed by atoms with E-state index < -0.39 is 0 Å². The summed E-state index contributed by atoms with van der Waals surface area (Å²) in [4.78, 5) is 2.93. The standard InChI is InChI=1S/C48H57BN2/c1-44(2,3)30-19-20-38-33(21-30)34-22-31(45(4,5)6)24-36-42(34)50(38)39-17-14-18-40-41(39)49(36)37-25-32(46(7,8)9)23-35-43(37)51(40)48(11)27-29-16-13-12-15-28(29)26-47(35,48)10/h14,17-25,28-29H,12-13,15-16,26-27H2,1-11H3. The second kappa shape index (κ2) is 9.74. The maximum Gasteiger partial charge on any atom is 0.252 e. The Morgan fingerprint density at radius 1 is 0.647 bits per heavy atom. The fourth-order valence-electron chi connectivity index (χ4n) is 11.9. The van der Waals surface area contributed by atoms with Crippen molar-refractivity contribution >= 4 is 56.3 Å². The van der Waals surface area contributed by atoms with Crippen LogP contribution in [0.1, 0.15) is 137 Å². The Morgan fingerprint density at radius 2 is 1.25 bits per heavy atom. The van der Waals surface area contributed by atoms with Gasteiger partial charge in [0.25, 0.3) is 6.71 Å². The Hall–Kier alpha value is -3.46. The van der Waals surface area contributed by atoms with E-state index in [0.717, 1.165) is 11.8 Å². The van der Waals surface area contributed by atoms with E-state index in [1.54, 1.807) is 16.7 Å². The van der Waals surface area contributed by atoms with Crippen molar-refractivity contribution in [2.45, 2.75) is 142 Å². The monoisotopic (exact) mass is 672 g/mol. The first-order valence-corrected chi connectivity index (χ1v) is 20.2. The van der Waals surface area contributed by atoms with Gasteiger partial charge in [0, 0.05) is 38.8 Å². The molecule has 0 amide bonds. The highest BCUT2D eigenvalue weighted by Crippen LogP contribution is 2.65. The summed E-state index contributed by atoms with van der Waals surface area (Å²) in [6, 6.07) is 25.2. The second-order valence-electron chi connectivity index (χ2n) is 21.0. The zero-order chi connectivity index (χ0) is 35.8. The summed E-state index contributed by atoms with van der Waals surface area (Å²) < 4.78 is 2.67. The highest BCUT2D eigenvalue weighted by molar-refractivity contribution is 7.00. The van der Waals surface area contributed by atoms with Crippen molar-refractivity contribution in [1.82, 2.24) is 4.57 Å². The molecule has 1 aromatic heterocycles. The summed E-state index contributed by atoms with van der Waals surface area (Å²) in [7, 11) is 0. The molecule has 4 heterocycles. The van der Waals surface area contributed by atoms with Gasteiger partial charge in [-0.25, -0.2) is 0 Å². The normalized spacial score (nSPS) is 26.3. The summed E-state index contributed by atoms with van der Waals surface area (Å²) >= 11 is 0. The number of fused-ring (bicyclic) bond motifs is 11. The van der Waals surface area contributed by atoms with Crippen molar-refractivity contribution in [2.24, 2.45) is 11.8 Å². The Kier molecular flexibility index (Phi) is 6.15. The molecule has 3 heteroatoms. The lowest BCUT2D eigenvalue weighted by atomic mass is 9.33. The topological polar surface area (TPSA) is 8.17 Å². The average Bonchev–Trinajstić information content (AvgIpc) is 3.49. The maximum atomic E-state index is 2.93. The third-order valence-electron chi connectivity index (χ3n) is 15.0. The molecule has 4 unspecified atom stereocenters. The van der Waals surface area contributed by atoms with E-state index in [2.05, 4.69) is 146 Å². The highest BCUT2D eigenvalue weighted by atomic mass is 15.3. The second-order valence-corrected chi connectivity index (χ2v) is 21.0. The molecule has 10 rings (SSSR count). The minimum Gasteiger partial charge on any atom is -0.335 e. The van der Waals surface area contributed by atoms with Crippen LogP contribution in [0.5, 0.6) is 0 Å². The highest BCUT2D eigenvalue weighted by Gasteiger charge is 2.64. The minimum atomic E-state index is 0.0302. The molecule has 5 aliphatic rings. The molecule has 0 N–H and O–H groups in total. The summed E-state index contributed by atoms with van der Waals surface area (Å²) in [6.07, 6.45) is 8.24. The van der Waals surface area contributed by atoms with Crippen molar-refractivity contribution in [3.8, 4) is 5.69 Å². The number of benzene rings is 4. The van der Waals surface area contributed by atoms with E-state index in [1.165, 1.54) is 99.3 Å². The SMILES string of the molecule is CC(C)(C)c1cc2c3c(c1)C1(C)CC4CCCCC4CC1(C)N3c1cccc3c1B2c1cc(C(C)(C)C)cc2c4cc(C(C)(C)C)ccc4n-3c12. The van der Waals surface area contributed by atoms with Gasteiger partial charge < -0.3 is 9.47 Å². The van der Waals surface area contributed by atoms with E-state index in [0.29, 0.717) is 0 Å². The van der Waals surface area contributed by atoms with Gasteiger partial charge in [-0.05, 0) is 117 Å². The lowest BCUT2D eigenvalue weighted by Gasteiger charge is -2.57. The zero-order valence-electron chi connectivity index (χ0n) is 33.1. The fraction of sp³-hybridized carbons (Fsp3) is 0.500. The van der Waals surface area contributed by atoms with Crippen molar-refractivity contribution in [1.29, 1.82) is 0 Å². The first kappa shape index (κ1) is 32.2. The number of rotatable bonds is 0. The molecule has 2 fully saturated rings.